The first kappa shape index (κ1) is 23.2. The average Bonchev–Trinajstić information content (AvgIpc) is 2.86. The van der Waals surface area contributed by atoms with E-state index < -0.39 is 11.8 Å². The first-order valence-corrected chi connectivity index (χ1v) is 10.5. The van der Waals surface area contributed by atoms with Gasteiger partial charge in [-0.1, -0.05) is 54.6 Å². The van der Waals surface area contributed by atoms with Crippen molar-refractivity contribution in [3.05, 3.63) is 113 Å². The summed E-state index contributed by atoms with van der Waals surface area (Å²) in [6.07, 6.45) is 3.79. The van der Waals surface area contributed by atoms with Gasteiger partial charge in [0.2, 0.25) is 0 Å². The number of aromatic nitrogens is 1. The fourth-order valence-corrected chi connectivity index (χ4v) is 3.27. The van der Waals surface area contributed by atoms with E-state index in [0.717, 1.165) is 16.7 Å². The highest BCUT2D eigenvalue weighted by atomic mass is 16.2. The van der Waals surface area contributed by atoms with E-state index >= 15 is 0 Å². The summed E-state index contributed by atoms with van der Waals surface area (Å²) in [7, 11) is 0. The van der Waals surface area contributed by atoms with Gasteiger partial charge in [-0.05, 0) is 60.9 Å². The van der Waals surface area contributed by atoms with E-state index in [1.165, 1.54) is 0 Å². The van der Waals surface area contributed by atoms with Crippen LogP contribution >= 0.6 is 0 Å². The molecule has 1 aromatic heterocycles. The molecule has 0 unspecified atom stereocenters. The minimum absolute atomic E-state index is 0.144. The Morgan fingerprint density at radius 1 is 0.939 bits per heavy atom. The maximum Gasteiger partial charge on any atom is 0.274 e. The molecule has 0 bridgehead atoms. The van der Waals surface area contributed by atoms with Gasteiger partial charge in [-0.2, -0.15) is 5.26 Å². The van der Waals surface area contributed by atoms with Gasteiger partial charge in [-0.3, -0.25) is 9.59 Å². The lowest BCUT2D eigenvalue weighted by atomic mass is 9.96. The number of nitrogens with zero attached hydrogens (tertiary/aromatic N) is 2. The lowest BCUT2D eigenvalue weighted by Crippen LogP contribution is -2.27. The third kappa shape index (κ3) is 6.02. The maximum atomic E-state index is 12.8. The number of nitrogens with one attached hydrogen (secondary N) is 2. The fraction of sp³-hybridized carbons (Fsp3) is 0.111. The molecular weight excluding hydrogens is 412 g/mol. The smallest absolute Gasteiger partial charge is 0.274 e. The van der Waals surface area contributed by atoms with Crippen molar-refractivity contribution in [1.29, 1.82) is 5.26 Å². The Balaban J connectivity index is 1.76. The Morgan fingerprint density at radius 3 is 2.30 bits per heavy atom. The van der Waals surface area contributed by atoms with E-state index in [4.69, 9.17) is 0 Å². The lowest BCUT2D eigenvalue weighted by molar-refractivity contribution is 0.0952. The van der Waals surface area contributed by atoms with Crippen LogP contribution in [0.4, 0.5) is 5.69 Å². The zero-order valence-corrected chi connectivity index (χ0v) is 18.5. The van der Waals surface area contributed by atoms with Gasteiger partial charge in [0, 0.05) is 12.2 Å². The Bertz CT molecular complexity index is 1250. The van der Waals surface area contributed by atoms with Crippen LogP contribution in [-0.4, -0.2) is 23.3 Å². The zero-order valence-electron chi connectivity index (χ0n) is 18.5. The monoisotopic (exact) mass is 436 g/mol. The van der Waals surface area contributed by atoms with Crippen LogP contribution in [0.5, 0.6) is 0 Å². The zero-order chi connectivity index (χ0) is 23.6. The molecular formula is C27H24N4O2. The topological polar surface area (TPSA) is 94.9 Å². The summed E-state index contributed by atoms with van der Waals surface area (Å²) in [5.41, 5.74) is 4.09. The lowest BCUT2D eigenvalue weighted by Gasteiger charge is -2.12. The van der Waals surface area contributed by atoms with Gasteiger partial charge in [0.1, 0.15) is 11.4 Å². The molecule has 0 fully saturated rings. The molecule has 2 N–H and O–H groups in total. The van der Waals surface area contributed by atoms with Gasteiger partial charge < -0.3 is 10.6 Å². The average molecular weight is 437 g/mol. The number of benzene rings is 2. The summed E-state index contributed by atoms with van der Waals surface area (Å²) in [5.74, 6) is -0.790. The van der Waals surface area contributed by atoms with Gasteiger partial charge >= 0.3 is 0 Å². The minimum atomic E-state index is -0.396. The summed E-state index contributed by atoms with van der Waals surface area (Å²) < 4.78 is 0. The first-order valence-electron chi connectivity index (χ1n) is 10.5. The molecule has 0 saturated carbocycles. The van der Waals surface area contributed by atoms with Crippen LogP contribution in [0.15, 0.2) is 90.5 Å². The molecule has 6 heteroatoms. The van der Waals surface area contributed by atoms with Gasteiger partial charge in [-0.25, -0.2) is 4.98 Å². The number of carbonyl (C=O) groups excluding carboxylic acids is 2. The highest BCUT2D eigenvalue weighted by molar-refractivity contribution is 6.03. The number of carbonyl (C=O) groups is 2. The molecule has 0 radical (unpaired) electrons. The number of allylic oxidation sites excluding steroid dienone is 2. The SMILES string of the molecule is C/C=C\C(CNC(=O)c1cccc(C(=O)Nc2ccccc2)n1)=C(/C)c1ccccc1C#N. The Hall–Kier alpha value is -4.50. The first-order chi connectivity index (χ1) is 16.0. The van der Waals surface area contributed by atoms with Crippen LogP contribution in [-0.2, 0) is 0 Å². The predicted molar refractivity (Wildman–Crippen MR) is 130 cm³/mol. The predicted octanol–water partition coefficient (Wildman–Crippen LogP) is 4.99. The van der Waals surface area contributed by atoms with E-state index in [1.807, 2.05) is 62.4 Å². The molecule has 3 rings (SSSR count). The van der Waals surface area contributed by atoms with Crippen molar-refractivity contribution in [3.8, 4) is 6.07 Å². The molecule has 164 valence electrons. The Labute approximate surface area is 193 Å². The molecule has 0 aliphatic heterocycles. The molecule has 0 spiro atoms. The molecule has 1 heterocycles. The van der Waals surface area contributed by atoms with Crippen LogP contribution in [0.25, 0.3) is 5.57 Å². The van der Waals surface area contributed by atoms with E-state index in [9.17, 15) is 14.9 Å². The summed E-state index contributed by atoms with van der Waals surface area (Å²) in [4.78, 5) is 29.5. The number of rotatable bonds is 7. The van der Waals surface area contributed by atoms with Crippen molar-refractivity contribution in [1.82, 2.24) is 10.3 Å². The number of nitriles is 1. The van der Waals surface area contributed by atoms with E-state index in [1.54, 1.807) is 36.4 Å². The number of anilines is 1. The number of pyridine rings is 1. The number of amides is 2. The van der Waals surface area contributed by atoms with Crippen molar-refractivity contribution in [3.63, 3.8) is 0 Å². The van der Waals surface area contributed by atoms with Crippen molar-refractivity contribution in [2.75, 3.05) is 11.9 Å². The largest absolute Gasteiger partial charge is 0.347 e. The highest BCUT2D eigenvalue weighted by Gasteiger charge is 2.14. The number of hydrogen-bond acceptors (Lipinski definition) is 4. The summed E-state index contributed by atoms with van der Waals surface area (Å²) in [5, 5.41) is 15.0. The highest BCUT2D eigenvalue weighted by Crippen LogP contribution is 2.22. The quantitative estimate of drug-likeness (QED) is 0.511. The molecule has 33 heavy (non-hydrogen) atoms. The number of hydrogen-bond donors (Lipinski definition) is 2. The van der Waals surface area contributed by atoms with Gasteiger partial charge in [-0.15, -0.1) is 0 Å². The Morgan fingerprint density at radius 2 is 1.61 bits per heavy atom. The second-order valence-electron chi connectivity index (χ2n) is 7.22. The van der Waals surface area contributed by atoms with Gasteiger partial charge in [0.15, 0.2) is 0 Å². The van der Waals surface area contributed by atoms with Crippen LogP contribution < -0.4 is 10.6 Å². The number of para-hydroxylation sites is 1. The minimum Gasteiger partial charge on any atom is -0.347 e. The molecule has 6 nitrogen and oxygen atoms in total. The summed E-state index contributed by atoms with van der Waals surface area (Å²) in [6, 6.07) is 23.3. The maximum absolute atomic E-state index is 12.8. The summed E-state index contributed by atoms with van der Waals surface area (Å²) in [6.45, 7) is 4.06. The van der Waals surface area contributed by atoms with Crippen molar-refractivity contribution in [2.24, 2.45) is 0 Å². The second-order valence-corrected chi connectivity index (χ2v) is 7.22. The van der Waals surface area contributed by atoms with Gasteiger partial charge in [0.05, 0.1) is 11.6 Å². The molecule has 0 saturated heterocycles. The third-order valence-electron chi connectivity index (χ3n) is 4.99. The third-order valence-corrected chi connectivity index (χ3v) is 4.99. The molecule has 2 aromatic carbocycles. The summed E-state index contributed by atoms with van der Waals surface area (Å²) >= 11 is 0. The molecule has 0 aliphatic rings. The van der Waals surface area contributed by atoms with Crippen LogP contribution in [0.2, 0.25) is 0 Å². The normalized spacial score (nSPS) is 11.4. The molecule has 0 atom stereocenters. The van der Waals surface area contributed by atoms with Crippen LogP contribution in [0.3, 0.4) is 0 Å². The Kier molecular flexibility index (Phi) is 7.87. The van der Waals surface area contributed by atoms with Crippen LogP contribution in [0, 0.1) is 11.3 Å². The van der Waals surface area contributed by atoms with E-state index in [0.29, 0.717) is 11.3 Å². The molecule has 3 aromatic rings. The standard InChI is InChI=1S/C27H24N4O2/c1-3-10-21(19(2)23-14-8-7-11-20(23)17-28)18-29-26(32)24-15-9-16-25(31-24)27(33)30-22-12-5-4-6-13-22/h3-16H,18H2,1-2H3,(H,29,32)(H,30,33)/b10-3-,21-19-. The fourth-order valence-electron chi connectivity index (χ4n) is 3.27. The van der Waals surface area contributed by atoms with E-state index in [-0.39, 0.29) is 17.9 Å². The van der Waals surface area contributed by atoms with Crippen molar-refractivity contribution < 1.29 is 9.59 Å². The van der Waals surface area contributed by atoms with Crippen LogP contribution in [0.1, 0.15) is 46.0 Å². The van der Waals surface area contributed by atoms with E-state index in [2.05, 4.69) is 21.7 Å². The van der Waals surface area contributed by atoms with Crippen molar-refractivity contribution in [2.45, 2.75) is 13.8 Å². The molecule has 2 amide bonds. The van der Waals surface area contributed by atoms with Crippen molar-refractivity contribution >= 4 is 23.1 Å². The molecule has 0 aliphatic carbocycles. The second kappa shape index (κ2) is 11.2. The van der Waals surface area contributed by atoms with Gasteiger partial charge in [0.25, 0.3) is 11.8 Å².